The summed E-state index contributed by atoms with van der Waals surface area (Å²) in [5, 5.41) is 1.23. The summed E-state index contributed by atoms with van der Waals surface area (Å²) in [4.78, 5) is 7.42. The molecule has 2 aromatic heterocycles. The molecule has 0 saturated carbocycles. The predicted molar refractivity (Wildman–Crippen MR) is 56.9 cm³/mol. The van der Waals surface area contributed by atoms with Crippen molar-refractivity contribution in [2.75, 3.05) is 0 Å². The molecule has 0 atom stereocenters. The zero-order valence-electron chi connectivity index (χ0n) is 8.68. The average Bonchev–Trinajstić information content (AvgIpc) is 2.47. The van der Waals surface area contributed by atoms with Crippen LogP contribution in [0.25, 0.3) is 11.0 Å². The second kappa shape index (κ2) is 4.08. The van der Waals surface area contributed by atoms with Gasteiger partial charge in [-0.3, -0.25) is 0 Å². The van der Waals surface area contributed by atoms with E-state index in [-0.39, 0.29) is 0 Å². The van der Waals surface area contributed by atoms with Gasteiger partial charge in [-0.15, -0.1) is 0 Å². The first kappa shape index (κ1) is 9.78. The Morgan fingerprint density at radius 3 is 2.54 bits per heavy atom. The van der Waals surface area contributed by atoms with Crippen molar-refractivity contribution in [2.24, 2.45) is 0 Å². The smallest absolute Gasteiger partial charge is 0.137 e. The first-order valence-corrected chi connectivity index (χ1v) is 4.69. The Hall–Kier alpha value is -1.31. The van der Waals surface area contributed by atoms with Crippen LogP contribution in [0.15, 0.2) is 18.3 Å². The highest BCUT2D eigenvalue weighted by atomic mass is 14.8. The Morgan fingerprint density at radius 1 is 1.23 bits per heavy atom. The van der Waals surface area contributed by atoms with Crippen molar-refractivity contribution in [3.8, 4) is 0 Å². The monoisotopic (exact) mass is 176 g/mol. The topological polar surface area (TPSA) is 28.7 Å². The van der Waals surface area contributed by atoms with E-state index in [4.69, 9.17) is 0 Å². The molecule has 0 aliphatic rings. The van der Waals surface area contributed by atoms with E-state index in [9.17, 15) is 0 Å². The molecule has 0 fully saturated rings. The number of aromatic nitrogens is 2. The lowest BCUT2D eigenvalue weighted by molar-refractivity contribution is 1.22. The minimum absolute atomic E-state index is 0.988. The third-order valence-corrected chi connectivity index (χ3v) is 2.08. The maximum atomic E-state index is 4.21. The Bertz CT molecular complexity index is 388. The van der Waals surface area contributed by atoms with Crippen LogP contribution in [0.1, 0.15) is 25.1 Å². The molecular formula is C11H16N2. The number of hydrogen-bond acceptors (Lipinski definition) is 1. The molecule has 13 heavy (non-hydrogen) atoms. The summed E-state index contributed by atoms with van der Waals surface area (Å²) in [5.41, 5.74) is 3.49. The van der Waals surface area contributed by atoms with E-state index in [1.165, 1.54) is 16.6 Å². The summed E-state index contributed by atoms with van der Waals surface area (Å²) in [6, 6.07) is 4.05. The van der Waals surface area contributed by atoms with Crippen molar-refractivity contribution in [1.82, 2.24) is 9.97 Å². The van der Waals surface area contributed by atoms with Crippen LogP contribution in [-0.4, -0.2) is 9.97 Å². The maximum Gasteiger partial charge on any atom is 0.137 e. The van der Waals surface area contributed by atoms with Crippen LogP contribution in [0.3, 0.4) is 0 Å². The van der Waals surface area contributed by atoms with E-state index in [0.29, 0.717) is 0 Å². The zero-order valence-corrected chi connectivity index (χ0v) is 8.68. The molecule has 0 bridgehead atoms. The Balaban J connectivity index is 0.000000396. The molecule has 0 radical (unpaired) electrons. The molecule has 0 spiro atoms. The third-order valence-electron chi connectivity index (χ3n) is 2.08. The van der Waals surface area contributed by atoms with Gasteiger partial charge in [-0.05, 0) is 31.5 Å². The van der Waals surface area contributed by atoms with E-state index < -0.39 is 0 Å². The van der Waals surface area contributed by atoms with Crippen LogP contribution in [0.4, 0.5) is 0 Å². The number of H-pyrrole nitrogens is 1. The highest BCUT2D eigenvalue weighted by molar-refractivity contribution is 5.80. The van der Waals surface area contributed by atoms with Gasteiger partial charge in [0.2, 0.25) is 0 Å². The molecule has 0 unspecified atom stereocenters. The summed E-state index contributed by atoms with van der Waals surface area (Å²) >= 11 is 0. The lowest BCUT2D eigenvalue weighted by atomic mass is 10.2. The highest BCUT2D eigenvalue weighted by Gasteiger charge is 2.01. The fourth-order valence-electron chi connectivity index (χ4n) is 1.28. The SMILES string of the molecule is CC.Cc1[nH]c2ncccc2c1C. The van der Waals surface area contributed by atoms with Gasteiger partial charge in [0.1, 0.15) is 5.65 Å². The van der Waals surface area contributed by atoms with Gasteiger partial charge in [0.15, 0.2) is 0 Å². The molecule has 70 valence electrons. The molecule has 0 amide bonds. The molecule has 0 aliphatic heterocycles. The summed E-state index contributed by atoms with van der Waals surface area (Å²) in [5.74, 6) is 0. The molecule has 2 rings (SSSR count). The lowest BCUT2D eigenvalue weighted by Crippen LogP contribution is -1.72. The molecule has 2 aromatic rings. The predicted octanol–water partition coefficient (Wildman–Crippen LogP) is 3.21. The van der Waals surface area contributed by atoms with E-state index in [1.807, 2.05) is 19.9 Å². The van der Waals surface area contributed by atoms with Gasteiger partial charge in [0.25, 0.3) is 0 Å². The zero-order chi connectivity index (χ0) is 9.84. The van der Waals surface area contributed by atoms with Gasteiger partial charge in [0.05, 0.1) is 0 Å². The van der Waals surface area contributed by atoms with Crippen LogP contribution in [0.2, 0.25) is 0 Å². The lowest BCUT2D eigenvalue weighted by Gasteiger charge is -1.87. The molecule has 2 heterocycles. The van der Waals surface area contributed by atoms with Crippen molar-refractivity contribution < 1.29 is 0 Å². The molecule has 2 heteroatoms. The van der Waals surface area contributed by atoms with Crippen LogP contribution >= 0.6 is 0 Å². The molecule has 0 aromatic carbocycles. The Kier molecular flexibility index (Phi) is 3.07. The van der Waals surface area contributed by atoms with Crippen molar-refractivity contribution in [2.45, 2.75) is 27.7 Å². The largest absolute Gasteiger partial charge is 0.343 e. The number of pyridine rings is 1. The highest BCUT2D eigenvalue weighted by Crippen LogP contribution is 2.17. The van der Waals surface area contributed by atoms with Crippen molar-refractivity contribution in [3.05, 3.63) is 29.6 Å². The molecular weight excluding hydrogens is 160 g/mol. The van der Waals surface area contributed by atoms with Crippen LogP contribution < -0.4 is 0 Å². The average molecular weight is 176 g/mol. The summed E-state index contributed by atoms with van der Waals surface area (Å²) in [6.07, 6.45) is 1.80. The number of nitrogens with zero attached hydrogens (tertiary/aromatic N) is 1. The molecule has 0 aliphatic carbocycles. The minimum atomic E-state index is 0.988. The van der Waals surface area contributed by atoms with Crippen molar-refractivity contribution in [1.29, 1.82) is 0 Å². The number of hydrogen-bond donors (Lipinski definition) is 1. The molecule has 0 saturated heterocycles. The van der Waals surface area contributed by atoms with Gasteiger partial charge in [0, 0.05) is 17.3 Å². The Morgan fingerprint density at radius 2 is 1.92 bits per heavy atom. The fourth-order valence-corrected chi connectivity index (χ4v) is 1.28. The summed E-state index contributed by atoms with van der Waals surface area (Å²) in [6.45, 7) is 8.17. The van der Waals surface area contributed by atoms with E-state index in [2.05, 4.69) is 29.9 Å². The number of fused-ring (bicyclic) bond motifs is 1. The number of aryl methyl sites for hydroxylation is 2. The van der Waals surface area contributed by atoms with Crippen molar-refractivity contribution in [3.63, 3.8) is 0 Å². The third kappa shape index (κ3) is 1.72. The van der Waals surface area contributed by atoms with Gasteiger partial charge in [-0.1, -0.05) is 13.8 Å². The van der Waals surface area contributed by atoms with E-state index in [0.717, 1.165) is 5.65 Å². The summed E-state index contributed by atoms with van der Waals surface area (Å²) < 4.78 is 0. The van der Waals surface area contributed by atoms with E-state index >= 15 is 0 Å². The quantitative estimate of drug-likeness (QED) is 0.656. The molecule has 2 nitrogen and oxygen atoms in total. The van der Waals surface area contributed by atoms with Gasteiger partial charge in [-0.25, -0.2) is 4.98 Å². The normalized spacial score (nSPS) is 9.54. The van der Waals surface area contributed by atoms with Crippen LogP contribution in [0.5, 0.6) is 0 Å². The maximum absolute atomic E-state index is 4.21. The number of nitrogens with one attached hydrogen (secondary N) is 1. The summed E-state index contributed by atoms with van der Waals surface area (Å²) in [7, 11) is 0. The van der Waals surface area contributed by atoms with Crippen molar-refractivity contribution >= 4 is 11.0 Å². The fraction of sp³-hybridized carbons (Fsp3) is 0.364. The first-order valence-electron chi connectivity index (χ1n) is 4.69. The molecule has 1 N–H and O–H groups in total. The Labute approximate surface area is 79.0 Å². The first-order chi connectivity index (χ1) is 6.29. The van der Waals surface area contributed by atoms with Gasteiger partial charge < -0.3 is 4.98 Å². The second-order valence-electron chi connectivity index (χ2n) is 2.77. The van der Waals surface area contributed by atoms with Crippen LogP contribution in [0, 0.1) is 13.8 Å². The van der Waals surface area contributed by atoms with E-state index in [1.54, 1.807) is 6.20 Å². The van der Waals surface area contributed by atoms with Crippen LogP contribution in [-0.2, 0) is 0 Å². The number of rotatable bonds is 0. The second-order valence-corrected chi connectivity index (χ2v) is 2.77. The van der Waals surface area contributed by atoms with Gasteiger partial charge in [-0.2, -0.15) is 0 Å². The minimum Gasteiger partial charge on any atom is -0.343 e. The standard InChI is InChI=1S/C9H10N2.C2H6/c1-6-7(2)11-9-8(6)4-3-5-10-9;1-2/h3-5H,1-2H3,(H,10,11);1-2H3. The number of aromatic amines is 1. The van der Waals surface area contributed by atoms with Gasteiger partial charge >= 0.3 is 0 Å².